The molecule has 0 amide bonds. The van der Waals surface area contributed by atoms with Gasteiger partial charge in [0.15, 0.2) is 11.5 Å². The fourth-order valence-electron chi connectivity index (χ4n) is 1.91. The number of nitrogens with zero attached hydrogens (tertiary/aromatic N) is 3. The third kappa shape index (κ3) is 1.51. The van der Waals surface area contributed by atoms with Crippen LogP contribution in [0.2, 0.25) is 0 Å². The topological polar surface area (TPSA) is 39.4 Å². The Morgan fingerprint density at radius 2 is 2.47 bits per heavy atom. The summed E-state index contributed by atoms with van der Waals surface area (Å²) >= 11 is 0. The second-order valence-electron chi connectivity index (χ2n) is 4.04. The minimum absolute atomic E-state index is 0.380. The molecule has 0 radical (unpaired) electrons. The lowest BCUT2D eigenvalue weighted by atomic mass is 10.1. The van der Waals surface area contributed by atoms with E-state index in [2.05, 4.69) is 17.0 Å². The molecule has 3 heterocycles. The standard InChI is InChI=1S/C11H13N3O/c1-8-2-4-14-10(6-8)12-11(13-14)9-3-5-15-7-9/h2,4,6,9H,3,5,7H2,1H3. The van der Waals surface area contributed by atoms with Crippen LogP contribution in [-0.4, -0.2) is 27.8 Å². The second kappa shape index (κ2) is 3.31. The van der Waals surface area contributed by atoms with Crippen LogP contribution < -0.4 is 0 Å². The Labute approximate surface area is 87.9 Å². The fraction of sp³-hybridized carbons (Fsp3) is 0.455. The van der Waals surface area contributed by atoms with Crippen molar-refractivity contribution in [2.45, 2.75) is 19.3 Å². The first kappa shape index (κ1) is 8.85. The molecule has 1 unspecified atom stereocenters. The van der Waals surface area contributed by atoms with Crippen molar-refractivity contribution in [2.75, 3.05) is 13.2 Å². The van der Waals surface area contributed by atoms with Crippen LogP contribution in [-0.2, 0) is 4.74 Å². The molecule has 3 rings (SSSR count). The molecular weight excluding hydrogens is 190 g/mol. The Hall–Kier alpha value is -1.42. The van der Waals surface area contributed by atoms with Crippen LogP contribution >= 0.6 is 0 Å². The van der Waals surface area contributed by atoms with Crippen LogP contribution in [0.5, 0.6) is 0 Å². The number of rotatable bonds is 1. The molecule has 0 aromatic carbocycles. The smallest absolute Gasteiger partial charge is 0.157 e. The average molecular weight is 203 g/mol. The zero-order valence-corrected chi connectivity index (χ0v) is 8.68. The Bertz CT molecular complexity index is 486. The number of ether oxygens (including phenoxy) is 1. The van der Waals surface area contributed by atoms with Crippen molar-refractivity contribution >= 4 is 5.65 Å². The summed E-state index contributed by atoms with van der Waals surface area (Å²) in [5, 5.41) is 4.46. The maximum Gasteiger partial charge on any atom is 0.157 e. The molecular formula is C11H13N3O. The third-order valence-electron chi connectivity index (χ3n) is 2.80. The van der Waals surface area contributed by atoms with Gasteiger partial charge in [-0.2, -0.15) is 5.10 Å². The van der Waals surface area contributed by atoms with Crippen LogP contribution in [0.3, 0.4) is 0 Å². The molecule has 78 valence electrons. The lowest BCUT2D eigenvalue weighted by Gasteiger charge is -1.98. The summed E-state index contributed by atoms with van der Waals surface area (Å²) in [6.07, 6.45) is 2.99. The van der Waals surface area contributed by atoms with E-state index < -0.39 is 0 Å². The summed E-state index contributed by atoms with van der Waals surface area (Å²) in [6.45, 7) is 3.65. The molecule has 2 aromatic heterocycles. The van der Waals surface area contributed by atoms with E-state index in [9.17, 15) is 0 Å². The number of hydrogen-bond donors (Lipinski definition) is 0. The van der Waals surface area contributed by atoms with Crippen LogP contribution in [0, 0.1) is 6.92 Å². The van der Waals surface area contributed by atoms with Gasteiger partial charge in [0, 0.05) is 18.7 Å². The summed E-state index contributed by atoms with van der Waals surface area (Å²) in [5.41, 5.74) is 2.14. The number of pyridine rings is 1. The quantitative estimate of drug-likeness (QED) is 0.705. The largest absolute Gasteiger partial charge is 0.381 e. The van der Waals surface area contributed by atoms with Crippen molar-refractivity contribution in [2.24, 2.45) is 0 Å². The van der Waals surface area contributed by atoms with Gasteiger partial charge < -0.3 is 4.74 Å². The zero-order valence-electron chi connectivity index (χ0n) is 8.68. The maximum atomic E-state index is 5.34. The minimum atomic E-state index is 0.380. The Morgan fingerprint density at radius 1 is 1.53 bits per heavy atom. The Morgan fingerprint density at radius 3 is 3.27 bits per heavy atom. The van der Waals surface area contributed by atoms with E-state index in [0.717, 1.165) is 31.1 Å². The molecule has 1 aliphatic heterocycles. The van der Waals surface area contributed by atoms with Crippen LogP contribution in [0.4, 0.5) is 0 Å². The van der Waals surface area contributed by atoms with Crippen molar-refractivity contribution in [3.63, 3.8) is 0 Å². The lowest BCUT2D eigenvalue weighted by molar-refractivity contribution is 0.193. The van der Waals surface area contributed by atoms with Gasteiger partial charge in [0.05, 0.1) is 6.61 Å². The normalized spacial score (nSPS) is 21.3. The highest BCUT2D eigenvalue weighted by Crippen LogP contribution is 2.22. The number of aromatic nitrogens is 3. The molecule has 1 aliphatic rings. The van der Waals surface area contributed by atoms with E-state index in [-0.39, 0.29) is 0 Å². The molecule has 4 nitrogen and oxygen atoms in total. The molecule has 1 atom stereocenters. The molecule has 1 fully saturated rings. The zero-order chi connectivity index (χ0) is 10.3. The van der Waals surface area contributed by atoms with E-state index in [1.165, 1.54) is 5.56 Å². The maximum absolute atomic E-state index is 5.34. The monoisotopic (exact) mass is 203 g/mol. The summed E-state index contributed by atoms with van der Waals surface area (Å²) < 4.78 is 7.18. The van der Waals surface area contributed by atoms with E-state index in [1.807, 2.05) is 22.8 Å². The first-order valence-corrected chi connectivity index (χ1v) is 5.23. The van der Waals surface area contributed by atoms with E-state index in [4.69, 9.17) is 4.74 Å². The van der Waals surface area contributed by atoms with Crippen LogP contribution in [0.25, 0.3) is 5.65 Å². The number of fused-ring (bicyclic) bond motifs is 1. The minimum Gasteiger partial charge on any atom is -0.381 e. The van der Waals surface area contributed by atoms with Gasteiger partial charge >= 0.3 is 0 Å². The van der Waals surface area contributed by atoms with E-state index in [0.29, 0.717) is 5.92 Å². The van der Waals surface area contributed by atoms with Crippen molar-refractivity contribution in [1.29, 1.82) is 0 Å². The Kier molecular flexibility index (Phi) is 1.95. The van der Waals surface area contributed by atoms with Gasteiger partial charge in [0.25, 0.3) is 0 Å². The highest BCUT2D eigenvalue weighted by molar-refractivity contribution is 5.40. The van der Waals surface area contributed by atoms with Gasteiger partial charge in [0.2, 0.25) is 0 Å². The van der Waals surface area contributed by atoms with Crippen molar-refractivity contribution in [1.82, 2.24) is 14.6 Å². The predicted octanol–water partition coefficient (Wildman–Crippen LogP) is 1.54. The Balaban J connectivity index is 2.05. The number of aryl methyl sites for hydroxylation is 1. The van der Waals surface area contributed by atoms with E-state index >= 15 is 0 Å². The highest BCUT2D eigenvalue weighted by atomic mass is 16.5. The number of hydrogen-bond acceptors (Lipinski definition) is 3. The third-order valence-corrected chi connectivity index (χ3v) is 2.80. The van der Waals surface area contributed by atoms with Gasteiger partial charge in [-0.05, 0) is 31.0 Å². The molecule has 0 aliphatic carbocycles. The van der Waals surface area contributed by atoms with Gasteiger partial charge in [-0.1, -0.05) is 0 Å². The van der Waals surface area contributed by atoms with Gasteiger partial charge in [0.1, 0.15) is 0 Å². The first-order chi connectivity index (χ1) is 7.33. The first-order valence-electron chi connectivity index (χ1n) is 5.23. The van der Waals surface area contributed by atoms with Gasteiger partial charge in [-0.3, -0.25) is 0 Å². The van der Waals surface area contributed by atoms with Gasteiger partial charge in [-0.25, -0.2) is 9.50 Å². The van der Waals surface area contributed by atoms with E-state index in [1.54, 1.807) is 0 Å². The second-order valence-corrected chi connectivity index (χ2v) is 4.04. The fourth-order valence-corrected chi connectivity index (χ4v) is 1.91. The molecule has 4 heteroatoms. The van der Waals surface area contributed by atoms with Crippen LogP contribution in [0.1, 0.15) is 23.7 Å². The summed E-state index contributed by atoms with van der Waals surface area (Å²) in [5.74, 6) is 1.29. The van der Waals surface area contributed by atoms with Crippen LogP contribution in [0.15, 0.2) is 18.3 Å². The predicted molar refractivity (Wildman–Crippen MR) is 55.9 cm³/mol. The average Bonchev–Trinajstić information content (AvgIpc) is 2.84. The molecule has 15 heavy (non-hydrogen) atoms. The molecule has 2 aromatic rings. The SMILES string of the molecule is Cc1ccn2nc(C3CCOC3)nc2c1. The van der Waals surface area contributed by atoms with Crippen molar-refractivity contribution < 1.29 is 4.74 Å². The molecule has 0 N–H and O–H groups in total. The molecule has 0 bridgehead atoms. The highest BCUT2D eigenvalue weighted by Gasteiger charge is 2.21. The van der Waals surface area contributed by atoms with Crippen molar-refractivity contribution in [3.05, 3.63) is 29.7 Å². The summed E-state index contributed by atoms with van der Waals surface area (Å²) in [4.78, 5) is 4.53. The molecule has 0 saturated carbocycles. The van der Waals surface area contributed by atoms with Crippen molar-refractivity contribution in [3.8, 4) is 0 Å². The molecule has 0 spiro atoms. The van der Waals surface area contributed by atoms with Gasteiger partial charge in [-0.15, -0.1) is 0 Å². The summed E-state index contributed by atoms with van der Waals surface area (Å²) in [7, 11) is 0. The molecule has 1 saturated heterocycles. The summed E-state index contributed by atoms with van der Waals surface area (Å²) in [6, 6.07) is 4.09. The lowest BCUT2D eigenvalue weighted by Crippen LogP contribution is -2.00.